The van der Waals surface area contributed by atoms with Crippen LogP contribution in [0.3, 0.4) is 0 Å². The number of anilines is 3. The number of pyridine rings is 1. The molecular weight excluding hydrogens is 394 g/mol. The zero-order chi connectivity index (χ0) is 22.0. The number of carbonyl (C=O) groups excluding carboxylic acids is 1. The number of fused-ring (bicyclic) bond motifs is 1. The summed E-state index contributed by atoms with van der Waals surface area (Å²) in [6.07, 6.45) is 8.46. The van der Waals surface area contributed by atoms with E-state index >= 15 is 0 Å². The third kappa shape index (κ3) is 4.12. The average Bonchev–Trinajstić information content (AvgIpc) is 3.13. The molecule has 0 radical (unpaired) electrons. The van der Waals surface area contributed by atoms with Crippen molar-refractivity contribution in [1.29, 1.82) is 0 Å². The predicted octanol–water partition coefficient (Wildman–Crippen LogP) is 3.32. The summed E-state index contributed by atoms with van der Waals surface area (Å²) in [4.78, 5) is 30.3. The molecule has 0 aromatic carbocycles. The number of aromatic nitrogens is 4. The Bertz CT molecular complexity index is 1150. The molecule has 1 saturated carbocycles. The van der Waals surface area contributed by atoms with Gasteiger partial charge in [-0.3, -0.25) is 9.59 Å². The van der Waals surface area contributed by atoms with Gasteiger partial charge in [0.15, 0.2) is 5.65 Å². The molecule has 0 bridgehead atoms. The van der Waals surface area contributed by atoms with Crippen molar-refractivity contribution in [2.75, 3.05) is 17.7 Å². The van der Waals surface area contributed by atoms with Gasteiger partial charge in [0.1, 0.15) is 22.9 Å². The summed E-state index contributed by atoms with van der Waals surface area (Å²) in [6, 6.07) is 5.71. The summed E-state index contributed by atoms with van der Waals surface area (Å²) < 4.78 is 3.37. The minimum Gasteiger partial charge on any atom is -0.373 e. The Hall–Kier alpha value is -3.36. The maximum absolute atomic E-state index is 12.9. The minimum atomic E-state index is -0.213. The molecule has 0 saturated heterocycles. The van der Waals surface area contributed by atoms with Crippen LogP contribution >= 0.6 is 0 Å². The fourth-order valence-corrected chi connectivity index (χ4v) is 3.87. The Labute approximate surface area is 180 Å². The van der Waals surface area contributed by atoms with Crippen LogP contribution in [0.1, 0.15) is 62.4 Å². The fraction of sp³-hybridized carbons (Fsp3) is 0.455. The monoisotopic (exact) mass is 423 g/mol. The van der Waals surface area contributed by atoms with E-state index in [0.29, 0.717) is 28.5 Å². The Morgan fingerprint density at radius 2 is 2.16 bits per heavy atom. The molecule has 1 unspecified atom stereocenters. The van der Waals surface area contributed by atoms with Gasteiger partial charge in [0.25, 0.3) is 11.5 Å². The second kappa shape index (κ2) is 8.79. The van der Waals surface area contributed by atoms with Crippen LogP contribution in [0.5, 0.6) is 0 Å². The van der Waals surface area contributed by atoms with E-state index in [2.05, 4.69) is 33.0 Å². The Morgan fingerprint density at radius 1 is 1.35 bits per heavy atom. The molecule has 31 heavy (non-hydrogen) atoms. The minimum absolute atomic E-state index is 0.0619. The molecular formula is C22H29N7O2. The normalized spacial score (nSPS) is 14.8. The maximum atomic E-state index is 12.9. The quantitative estimate of drug-likeness (QED) is 0.513. The van der Waals surface area contributed by atoms with Crippen LogP contribution in [0.25, 0.3) is 5.65 Å². The van der Waals surface area contributed by atoms with E-state index in [1.165, 1.54) is 6.20 Å². The molecule has 164 valence electrons. The van der Waals surface area contributed by atoms with Crippen molar-refractivity contribution in [3.63, 3.8) is 0 Å². The summed E-state index contributed by atoms with van der Waals surface area (Å²) in [6.45, 7) is 4.06. The van der Waals surface area contributed by atoms with Crippen LogP contribution in [0, 0.1) is 0 Å². The zero-order valence-corrected chi connectivity index (χ0v) is 18.2. The smallest absolute Gasteiger partial charge is 0.274 e. The van der Waals surface area contributed by atoms with Gasteiger partial charge in [-0.05, 0) is 44.7 Å². The van der Waals surface area contributed by atoms with E-state index in [9.17, 15) is 9.59 Å². The lowest BCUT2D eigenvalue weighted by Crippen LogP contribution is -2.32. The summed E-state index contributed by atoms with van der Waals surface area (Å²) >= 11 is 0. The van der Waals surface area contributed by atoms with Gasteiger partial charge in [-0.25, -0.2) is 4.98 Å². The summed E-state index contributed by atoms with van der Waals surface area (Å²) in [7, 11) is 1.77. The van der Waals surface area contributed by atoms with Gasteiger partial charge in [0.05, 0.1) is 6.20 Å². The topological polar surface area (TPSA) is 105 Å². The summed E-state index contributed by atoms with van der Waals surface area (Å²) in [5.41, 5.74) is 1.20. The number of hydrogen-bond acceptors (Lipinski definition) is 6. The highest BCUT2D eigenvalue weighted by Gasteiger charge is 2.22. The third-order valence-corrected chi connectivity index (χ3v) is 5.78. The molecule has 3 N–H and O–H groups in total. The van der Waals surface area contributed by atoms with Gasteiger partial charge in [-0.1, -0.05) is 13.3 Å². The van der Waals surface area contributed by atoms with Crippen LogP contribution < -0.4 is 21.5 Å². The van der Waals surface area contributed by atoms with Crippen molar-refractivity contribution in [3.05, 3.63) is 46.5 Å². The van der Waals surface area contributed by atoms with E-state index in [0.717, 1.165) is 32.1 Å². The molecule has 9 nitrogen and oxygen atoms in total. The lowest BCUT2D eigenvalue weighted by molar-refractivity contribution is 0.0940. The standard InChI is InChI=1S/C22H29N7O2/c1-4-7-14(2)25-21(30)16-13-24-29-19(23-3)12-18(27-20(16)29)26-17-10-6-11-28(22(17)31)15-8-5-9-15/h6,10-15,23H,4-5,7-9H2,1-3H3,(H,25,30)(H,26,27). The summed E-state index contributed by atoms with van der Waals surface area (Å²) in [5, 5.41) is 13.5. The third-order valence-electron chi connectivity index (χ3n) is 5.78. The second-order valence-electron chi connectivity index (χ2n) is 8.08. The lowest BCUT2D eigenvalue weighted by atomic mass is 9.93. The van der Waals surface area contributed by atoms with Crippen LogP contribution in [-0.4, -0.2) is 38.2 Å². The molecule has 1 atom stereocenters. The number of nitrogens with zero attached hydrogens (tertiary/aromatic N) is 4. The first kappa shape index (κ1) is 20.9. The van der Waals surface area contributed by atoms with Crippen molar-refractivity contribution in [3.8, 4) is 0 Å². The van der Waals surface area contributed by atoms with Crippen molar-refractivity contribution in [2.24, 2.45) is 0 Å². The molecule has 0 aliphatic heterocycles. The SMILES string of the molecule is CCCC(C)NC(=O)c1cnn2c(NC)cc(Nc3cccn(C4CCC4)c3=O)nc12. The van der Waals surface area contributed by atoms with Gasteiger partial charge < -0.3 is 20.5 Å². The fourth-order valence-electron chi connectivity index (χ4n) is 3.87. The Morgan fingerprint density at radius 3 is 2.84 bits per heavy atom. The predicted molar refractivity (Wildman–Crippen MR) is 121 cm³/mol. The first-order valence-corrected chi connectivity index (χ1v) is 10.9. The molecule has 1 aliphatic carbocycles. The average molecular weight is 424 g/mol. The second-order valence-corrected chi connectivity index (χ2v) is 8.08. The highest BCUT2D eigenvalue weighted by atomic mass is 16.2. The number of rotatable bonds is 8. The van der Waals surface area contributed by atoms with Crippen LogP contribution in [0.4, 0.5) is 17.3 Å². The van der Waals surface area contributed by atoms with Crippen molar-refractivity contribution in [1.82, 2.24) is 24.5 Å². The number of amides is 1. The maximum Gasteiger partial charge on any atom is 0.274 e. The molecule has 0 spiro atoms. The van der Waals surface area contributed by atoms with E-state index < -0.39 is 0 Å². The van der Waals surface area contributed by atoms with E-state index in [1.54, 1.807) is 28.3 Å². The van der Waals surface area contributed by atoms with Gasteiger partial charge in [0, 0.05) is 31.4 Å². The lowest BCUT2D eigenvalue weighted by Gasteiger charge is -2.27. The van der Waals surface area contributed by atoms with Gasteiger partial charge in [0.2, 0.25) is 0 Å². The first-order valence-electron chi connectivity index (χ1n) is 10.9. The number of carbonyl (C=O) groups is 1. The molecule has 4 rings (SSSR count). The van der Waals surface area contributed by atoms with Crippen LogP contribution in [0.15, 0.2) is 35.4 Å². The van der Waals surface area contributed by atoms with Gasteiger partial charge in [-0.15, -0.1) is 0 Å². The van der Waals surface area contributed by atoms with Gasteiger partial charge >= 0.3 is 0 Å². The van der Waals surface area contributed by atoms with Crippen LogP contribution in [-0.2, 0) is 0 Å². The number of hydrogen-bond donors (Lipinski definition) is 3. The molecule has 3 aromatic heterocycles. The first-order chi connectivity index (χ1) is 15.0. The molecule has 1 amide bonds. The highest BCUT2D eigenvalue weighted by Crippen LogP contribution is 2.30. The van der Waals surface area contributed by atoms with Crippen molar-refractivity contribution >= 4 is 28.9 Å². The number of nitrogens with one attached hydrogen (secondary N) is 3. The van der Waals surface area contributed by atoms with E-state index in [4.69, 9.17) is 0 Å². The van der Waals surface area contributed by atoms with E-state index in [1.807, 2.05) is 19.2 Å². The zero-order valence-electron chi connectivity index (χ0n) is 18.2. The highest BCUT2D eigenvalue weighted by molar-refractivity contribution is 6.00. The Balaban J connectivity index is 1.68. The molecule has 3 heterocycles. The summed E-state index contributed by atoms with van der Waals surface area (Å²) in [5.74, 6) is 0.912. The van der Waals surface area contributed by atoms with Gasteiger partial charge in [-0.2, -0.15) is 9.61 Å². The van der Waals surface area contributed by atoms with Crippen molar-refractivity contribution in [2.45, 2.75) is 58.0 Å². The molecule has 1 aliphatic rings. The molecule has 1 fully saturated rings. The largest absolute Gasteiger partial charge is 0.373 e. The van der Waals surface area contributed by atoms with Crippen LogP contribution in [0.2, 0.25) is 0 Å². The molecule has 9 heteroatoms. The van der Waals surface area contributed by atoms with Crippen molar-refractivity contribution < 1.29 is 4.79 Å². The Kier molecular flexibility index (Phi) is 5.92. The van der Waals surface area contributed by atoms with E-state index in [-0.39, 0.29) is 23.6 Å². The molecule has 3 aromatic rings.